The van der Waals surface area contributed by atoms with Gasteiger partial charge in [0, 0.05) is 6.54 Å². The molecule has 1 N–H and O–H groups in total. The van der Waals surface area contributed by atoms with Crippen LogP contribution in [0.5, 0.6) is 0 Å². The second-order valence-electron chi connectivity index (χ2n) is 2.95. The molecule has 0 aromatic rings. The first-order valence-electron chi connectivity index (χ1n) is 4.40. The summed E-state index contributed by atoms with van der Waals surface area (Å²) in [5, 5.41) is 8.21. The molecule has 0 bridgehead atoms. The molecule has 0 heterocycles. The van der Waals surface area contributed by atoms with E-state index in [0.717, 1.165) is 12.8 Å². The fraction of sp³-hybridized carbons (Fsp3) is 0.875. The van der Waals surface area contributed by atoms with Crippen LogP contribution in [0.25, 0.3) is 0 Å². The van der Waals surface area contributed by atoms with Gasteiger partial charge in [0.05, 0.1) is 6.07 Å². The quantitative estimate of drug-likeness (QED) is 0.697. The summed E-state index contributed by atoms with van der Waals surface area (Å²) in [6, 6.07) is 1.62. The highest BCUT2D eigenvalue weighted by atomic mass is 32.2. The molecular weight excluding hydrogens is 188 g/mol. The third kappa shape index (κ3) is 5.61. The molecule has 0 radical (unpaired) electrons. The predicted molar refractivity (Wildman–Crippen MR) is 51.5 cm³/mol. The number of hydrogen-bond acceptors (Lipinski definition) is 3. The van der Waals surface area contributed by atoms with Gasteiger partial charge in [0.25, 0.3) is 0 Å². The van der Waals surface area contributed by atoms with Gasteiger partial charge >= 0.3 is 0 Å². The average Bonchev–Trinajstić information content (AvgIpc) is 2.06. The number of nitriles is 1. The third-order valence-corrected chi connectivity index (χ3v) is 3.12. The molecule has 4 nitrogen and oxygen atoms in total. The van der Waals surface area contributed by atoms with Gasteiger partial charge in [0.1, 0.15) is 0 Å². The lowest BCUT2D eigenvalue weighted by molar-refractivity contribution is 0.479. The van der Waals surface area contributed by atoms with E-state index in [2.05, 4.69) is 4.72 Å². The molecule has 0 saturated heterocycles. The predicted octanol–water partition coefficient (Wildman–Crippen LogP) is 0.866. The zero-order chi connectivity index (χ0) is 10.3. The van der Waals surface area contributed by atoms with Crippen molar-refractivity contribution in [3.8, 4) is 6.07 Å². The van der Waals surface area contributed by atoms with E-state index in [0.29, 0.717) is 12.5 Å². The molecule has 76 valence electrons. The van der Waals surface area contributed by atoms with Gasteiger partial charge in [0.15, 0.2) is 5.75 Å². The van der Waals surface area contributed by atoms with Crippen LogP contribution in [0.2, 0.25) is 0 Å². The molecule has 0 aliphatic heterocycles. The van der Waals surface area contributed by atoms with E-state index in [4.69, 9.17) is 5.26 Å². The van der Waals surface area contributed by atoms with E-state index in [1.54, 1.807) is 6.07 Å². The first-order valence-corrected chi connectivity index (χ1v) is 6.05. The van der Waals surface area contributed by atoms with Crippen molar-refractivity contribution in [2.24, 2.45) is 5.92 Å². The van der Waals surface area contributed by atoms with E-state index in [9.17, 15) is 8.42 Å². The first-order chi connectivity index (χ1) is 6.05. The van der Waals surface area contributed by atoms with Gasteiger partial charge in [-0.3, -0.25) is 0 Å². The Bertz CT molecular complexity index is 262. The van der Waals surface area contributed by atoms with E-state index in [1.165, 1.54) is 0 Å². The minimum absolute atomic E-state index is 0.369. The molecular formula is C8H16N2O2S. The fourth-order valence-electron chi connectivity index (χ4n) is 0.958. The molecule has 0 amide bonds. The lowest BCUT2D eigenvalue weighted by Gasteiger charge is -2.11. The molecule has 0 unspecified atom stereocenters. The number of rotatable bonds is 6. The van der Waals surface area contributed by atoms with Gasteiger partial charge in [-0.05, 0) is 5.92 Å². The van der Waals surface area contributed by atoms with Crippen LogP contribution in [0.15, 0.2) is 0 Å². The van der Waals surface area contributed by atoms with Gasteiger partial charge in [-0.1, -0.05) is 26.7 Å². The van der Waals surface area contributed by atoms with Crippen molar-refractivity contribution >= 4 is 10.0 Å². The van der Waals surface area contributed by atoms with E-state index < -0.39 is 15.8 Å². The van der Waals surface area contributed by atoms with Crippen molar-refractivity contribution in [1.82, 2.24) is 4.72 Å². The SMILES string of the molecule is CCC(CC)CNS(=O)(=O)CC#N. The Morgan fingerprint density at radius 3 is 2.31 bits per heavy atom. The van der Waals surface area contributed by atoms with Gasteiger partial charge in [-0.15, -0.1) is 0 Å². The summed E-state index contributed by atoms with van der Waals surface area (Å²) < 4.78 is 24.5. The topological polar surface area (TPSA) is 70.0 Å². The minimum Gasteiger partial charge on any atom is -0.214 e. The van der Waals surface area contributed by atoms with Crippen LogP contribution in [0.4, 0.5) is 0 Å². The van der Waals surface area contributed by atoms with Crippen LogP contribution in [0, 0.1) is 17.2 Å². The normalized spacial score (nSPS) is 11.5. The Morgan fingerprint density at radius 1 is 1.38 bits per heavy atom. The number of sulfonamides is 1. The summed E-state index contributed by atoms with van der Waals surface area (Å²) in [7, 11) is -3.36. The fourth-order valence-corrected chi connectivity index (χ4v) is 1.72. The van der Waals surface area contributed by atoms with Crippen molar-refractivity contribution < 1.29 is 8.42 Å². The summed E-state index contributed by atoms with van der Waals surface area (Å²) in [6.07, 6.45) is 1.90. The minimum atomic E-state index is -3.36. The standard InChI is InChI=1S/C8H16N2O2S/c1-3-8(4-2)7-10-13(11,12)6-5-9/h8,10H,3-4,6-7H2,1-2H3. The molecule has 0 spiro atoms. The Balaban J connectivity index is 3.95. The third-order valence-electron chi connectivity index (χ3n) is 2.00. The number of nitrogens with zero attached hydrogens (tertiary/aromatic N) is 1. The maximum absolute atomic E-state index is 11.0. The molecule has 0 atom stereocenters. The number of nitrogens with one attached hydrogen (secondary N) is 1. The smallest absolute Gasteiger partial charge is 0.214 e. The highest BCUT2D eigenvalue weighted by molar-refractivity contribution is 7.89. The summed E-state index contributed by atoms with van der Waals surface area (Å²) in [6.45, 7) is 4.48. The van der Waals surface area contributed by atoms with Crippen molar-refractivity contribution in [3.63, 3.8) is 0 Å². The first kappa shape index (κ1) is 12.4. The van der Waals surface area contributed by atoms with Crippen LogP contribution >= 0.6 is 0 Å². The Morgan fingerprint density at radius 2 is 1.92 bits per heavy atom. The molecule has 13 heavy (non-hydrogen) atoms. The lowest BCUT2D eigenvalue weighted by Crippen LogP contribution is -2.30. The maximum Gasteiger partial charge on any atom is 0.225 e. The van der Waals surface area contributed by atoms with Crippen LogP contribution in [0.1, 0.15) is 26.7 Å². The van der Waals surface area contributed by atoms with Crippen molar-refractivity contribution in [1.29, 1.82) is 5.26 Å². The van der Waals surface area contributed by atoms with E-state index in [1.807, 2.05) is 13.8 Å². The lowest BCUT2D eigenvalue weighted by atomic mass is 10.0. The Kier molecular flexibility index (Phi) is 5.67. The van der Waals surface area contributed by atoms with E-state index >= 15 is 0 Å². The zero-order valence-corrected chi connectivity index (χ0v) is 8.89. The van der Waals surface area contributed by atoms with Crippen LogP contribution < -0.4 is 4.72 Å². The number of hydrogen-bond donors (Lipinski definition) is 1. The summed E-state index contributed by atoms with van der Waals surface area (Å²) in [5.41, 5.74) is 0. The summed E-state index contributed by atoms with van der Waals surface area (Å²) in [5.74, 6) is -0.0823. The second kappa shape index (κ2) is 5.95. The highest BCUT2D eigenvalue weighted by Crippen LogP contribution is 2.05. The summed E-state index contributed by atoms with van der Waals surface area (Å²) in [4.78, 5) is 0. The second-order valence-corrected chi connectivity index (χ2v) is 4.76. The van der Waals surface area contributed by atoms with Gasteiger partial charge < -0.3 is 0 Å². The monoisotopic (exact) mass is 204 g/mol. The molecule has 0 aliphatic carbocycles. The largest absolute Gasteiger partial charge is 0.225 e. The zero-order valence-electron chi connectivity index (χ0n) is 8.08. The van der Waals surface area contributed by atoms with Crippen molar-refractivity contribution in [2.75, 3.05) is 12.3 Å². The molecule has 0 saturated carbocycles. The molecule has 0 aromatic carbocycles. The van der Waals surface area contributed by atoms with Crippen LogP contribution in [-0.2, 0) is 10.0 Å². The molecule has 0 fully saturated rings. The highest BCUT2D eigenvalue weighted by Gasteiger charge is 2.11. The molecule has 5 heteroatoms. The Hall–Kier alpha value is -0.600. The maximum atomic E-state index is 11.0. The van der Waals surface area contributed by atoms with Crippen molar-refractivity contribution in [3.05, 3.63) is 0 Å². The summed E-state index contributed by atoms with van der Waals surface area (Å²) >= 11 is 0. The van der Waals surface area contributed by atoms with Gasteiger partial charge in [-0.25, -0.2) is 13.1 Å². The molecule has 0 rings (SSSR count). The van der Waals surface area contributed by atoms with Crippen molar-refractivity contribution in [2.45, 2.75) is 26.7 Å². The Labute approximate surface area is 80.0 Å². The van der Waals surface area contributed by atoms with Crippen LogP contribution in [-0.4, -0.2) is 20.7 Å². The average molecular weight is 204 g/mol. The van der Waals surface area contributed by atoms with Gasteiger partial charge in [-0.2, -0.15) is 5.26 Å². The molecule has 0 aromatic heterocycles. The van der Waals surface area contributed by atoms with Crippen LogP contribution in [0.3, 0.4) is 0 Å². The molecule has 0 aliphatic rings. The van der Waals surface area contributed by atoms with E-state index in [-0.39, 0.29) is 0 Å². The van der Waals surface area contributed by atoms with Gasteiger partial charge in [0.2, 0.25) is 10.0 Å².